The summed E-state index contributed by atoms with van der Waals surface area (Å²) in [5.74, 6) is 0. The van der Waals surface area contributed by atoms with Crippen LogP contribution in [0.25, 0.3) is 0 Å². The second-order valence-corrected chi connectivity index (χ2v) is 5.28. The van der Waals surface area contributed by atoms with Crippen LogP contribution in [0.3, 0.4) is 0 Å². The van der Waals surface area contributed by atoms with E-state index in [0.717, 1.165) is 22.4 Å². The smallest absolute Gasteiger partial charge is 0.0992 e. The molecule has 5 heteroatoms. The van der Waals surface area contributed by atoms with Crippen molar-refractivity contribution in [2.24, 2.45) is 0 Å². The number of aromatic nitrogens is 1. The van der Waals surface area contributed by atoms with Gasteiger partial charge in [0.05, 0.1) is 29.4 Å². The monoisotopic (exact) mass is 307 g/mol. The molecule has 1 aromatic carbocycles. The largest absolute Gasteiger partial charge is 0.369 e. The van der Waals surface area contributed by atoms with Crippen molar-refractivity contribution in [3.05, 3.63) is 44.8 Å². The first-order valence-corrected chi connectivity index (χ1v) is 6.71. The van der Waals surface area contributed by atoms with Crippen LogP contribution >= 0.6 is 27.3 Å². The second kappa shape index (κ2) is 5.30. The van der Waals surface area contributed by atoms with Crippen LogP contribution in [-0.4, -0.2) is 12.0 Å². The van der Waals surface area contributed by atoms with Crippen LogP contribution < -0.4 is 4.90 Å². The van der Waals surface area contributed by atoms with E-state index in [2.05, 4.69) is 31.9 Å². The predicted molar refractivity (Wildman–Crippen MR) is 73.1 cm³/mol. The lowest BCUT2D eigenvalue weighted by Gasteiger charge is -2.18. The van der Waals surface area contributed by atoms with Gasteiger partial charge in [0, 0.05) is 22.6 Å². The van der Waals surface area contributed by atoms with Gasteiger partial charge in [0.2, 0.25) is 0 Å². The maximum Gasteiger partial charge on any atom is 0.0992 e. The second-order valence-electron chi connectivity index (χ2n) is 3.65. The minimum atomic E-state index is 0.652. The summed E-state index contributed by atoms with van der Waals surface area (Å²) in [6.45, 7) is 0.741. The summed E-state index contributed by atoms with van der Waals surface area (Å²) in [4.78, 5) is 6.32. The van der Waals surface area contributed by atoms with Gasteiger partial charge < -0.3 is 4.90 Å². The molecule has 3 nitrogen and oxygen atoms in total. The van der Waals surface area contributed by atoms with E-state index in [4.69, 9.17) is 5.26 Å². The average molecular weight is 308 g/mol. The first-order valence-electron chi connectivity index (χ1n) is 4.98. The molecular weight excluding hydrogens is 298 g/mol. The van der Waals surface area contributed by atoms with Gasteiger partial charge in [0.15, 0.2) is 0 Å². The Kier molecular flexibility index (Phi) is 3.77. The fourth-order valence-corrected chi connectivity index (χ4v) is 2.54. The molecule has 0 saturated carbocycles. The first kappa shape index (κ1) is 12.1. The molecule has 0 bridgehead atoms. The molecule has 1 aromatic heterocycles. The minimum absolute atomic E-state index is 0.652. The quantitative estimate of drug-likeness (QED) is 0.872. The molecule has 0 saturated heterocycles. The van der Waals surface area contributed by atoms with Crippen molar-refractivity contribution in [3.63, 3.8) is 0 Å². The first-order chi connectivity index (χ1) is 8.19. The Balaban J connectivity index is 2.22. The Morgan fingerprint density at radius 1 is 1.47 bits per heavy atom. The lowest BCUT2D eigenvalue weighted by atomic mass is 10.2. The molecule has 0 N–H and O–H groups in total. The van der Waals surface area contributed by atoms with Crippen molar-refractivity contribution in [1.82, 2.24) is 4.98 Å². The molecule has 0 amide bonds. The number of nitriles is 1. The molecule has 1 heterocycles. The normalized spacial score (nSPS) is 9.94. The maximum atomic E-state index is 8.92. The third-order valence-corrected chi connectivity index (χ3v) is 3.43. The molecule has 86 valence electrons. The predicted octanol–water partition coefficient (Wildman–Crippen LogP) is 3.41. The zero-order valence-electron chi connectivity index (χ0n) is 9.22. The van der Waals surface area contributed by atoms with E-state index in [1.807, 2.05) is 30.1 Å². The molecule has 0 radical (unpaired) electrons. The van der Waals surface area contributed by atoms with Crippen LogP contribution in [0.4, 0.5) is 5.69 Å². The van der Waals surface area contributed by atoms with Crippen molar-refractivity contribution in [2.45, 2.75) is 6.54 Å². The Morgan fingerprint density at radius 3 is 2.94 bits per heavy atom. The highest BCUT2D eigenvalue weighted by Crippen LogP contribution is 2.23. The number of hydrogen-bond donors (Lipinski definition) is 0. The standard InChI is InChI=1S/C12H10BrN3S/c1-16(6-11-7-17-8-15-11)12-3-9(5-14)2-10(13)4-12/h2-4,7-8H,6H2,1H3. The van der Waals surface area contributed by atoms with E-state index in [0.29, 0.717) is 5.56 Å². The van der Waals surface area contributed by atoms with Crippen LogP contribution in [0.2, 0.25) is 0 Å². The van der Waals surface area contributed by atoms with Crippen molar-refractivity contribution in [1.29, 1.82) is 5.26 Å². The van der Waals surface area contributed by atoms with Crippen LogP contribution in [0.15, 0.2) is 33.6 Å². The summed E-state index contributed by atoms with van der Waals surface area (Å²) in [6.07, 6.45) is 0. The zero-order chi connectivity index (χ0) is 12.3. The van der Waals surface area contributed by atoms with Gasteiger partial charge in [-0.15, -0.1) is 11.3 Å². The van der Waals surface area contributed by atoms with Crippen LogP contribution in [-0.2, 0) is 6.54 Å². The summed E-state index contributed by atoms with van der Waals surface area (Å²) < 4.78 is 0.914. The number of rotatable bonds is 3. The van der Waals surface area contributed by atoms with E-state index >= 15 is 0 Å². The summed E-state index contributed by atoms with van der Waals surface area (Å²) in [5.41, 5.74) is 4.52. The fraction of sp³-hybridized carbons (Fsp3) is 0.167. The molecular formula is C12H10BrN3S. The van der Waals surface area contributed by atoms with Gasteiger partial charge in [-0.2, -0.15) is 5.26 Å². The number of nitrogens with zero attached hydrogens (tertiary/aromatic N) is 3. The number of benzene rings is 1. The van der Waals surface area contributed by atoms with Gasteiger partial charge in [0.25, 0.3) is 0 Å². The number of halogens is 1. The summed E-state index contributed by atoms with van der Waals surface area (Å²) >= 11 is 5.00. The Morgan fingerprint density at radius 2 is 2.29 bits per heavy atom. The van der Waals surface area contributed by atoms with Gasteiger partial charge in [-0.25, -0.2) is 4.98 Å². The lowest BCUT2D eigenvalue weighted by molar-refractivity contribution is 0.894. The van der Waals surface area contributed by atoms with Crippen LogP contribution in [0.1, 0.15) is 11.3 Å². The molecule has 0 fully saturated rings. The Labute approximate surface area is 112 Å². The van der Waals surface area contributed by atoms with E-state index < -0.39 is 0 Å². The van der Waals surface area contributed by atoms with Gasteiger partial charge >= 0.3 is 0 Å². The topological polar surface area (TPSA) is 39.9 Å². The number of anilines is 1. The molecule has 17 heavy (non-hydrogen) atoms. The van der Waals surface area contributed by atoms with Gasteiger partial charge in [-0.1, -0.05) is 15.9 Å². The molecule has 2 aromatic rings. The molecule has 0 spiro atoms. The Bertz CT molecular complexity index is 545. The molecule has 0 aliphatic heterocycles. The van der Waals surface area contributed by atoms with Crippen LogP contribution in [0.5, 0.6) is 0 Å². The lowest BCUT2D eigenvalue weighted by Crippen LogP contribution is -2.16. The van der Waals surface area contributed by atoms with E-state index in [9.17, 15) is 0 Å². The van der Waals surface area contributed by atoms with Crippen molar-refractivity contribution in [3.8, 4) is 6.07 Å². The molecule has 0 aliphatic carbocycles. The van der Waals surface area contributed by atoms with Crippen molar-refractivity contribution < 1.29 is 0 Å². The third-order valence-electron chi connectivity index (χ3n) is 2.34. The molecule has 2 rings (SSSR count). The van der Waals surface area contributed by atoms with Gasteiger partial charge in [-0.05, 0) is 18.2 Å². The van der Waals surface area contributed by atoms with Crippen molar-refractivity contribution >= 4 is 33.0 Å². The van der Waals surface area contributed by atoms with E-state index in [-0.39, 0.29) is 0 Å². The minimum Gasteiger partial charge on any atom is -0.369 e. The van der Waals surface area contributed by atoms with Crippen molar-refractivity contribution in [2.75, 3.05) is 11.9 Å². The molecule has 0 atom stereocenters. The summed E-state index contributed by atoms with van der Waals surface area (Å²) in [5, 5.41) is 11.0. The SMILES string of the molecule is CN(Cc1cscn1)c1cc(Br)cc(C#N)c1. The molecule has 0 aliphatic rings. The molecule has 0 unspecified atom stereocenters. The summed E-state index contributed by atoms with van der Waals surface area (Å²) in [6, 6.07) is 7.82. The average Bonchev–Trinajstić information content (AvgIpc) is 2.81. The maximum absolute atomic E-state index is 8.92. The van der Waals surface area contributed by atoms with E-state index in [1.54, 1.807) is 17.4 Å². The third kappa shape index (κ3) is 3.05. The van der Waals surface area contributed by atoms with E-state index in [1.165, 1.54) is 0 Å². The van der Waals surface area contributed by atoms with Gasteiger partial charge in [-0.3, -0.25) is 0 Å². The van der Waals surface area contributed by atoms with Crippen LogP contribution in [0, 0.1) is 11.3 Å². The highest BCUT2D eigenvalue weighted by molar-refractivity contribution is 9.10. The number of thiazole rings is 1. The summed E-state index contributed by atoms with van der Waals surface area (Å²) in [7, 11) is 1.99. The zero-order valence-corrected chi connectivity index (χ0v) is 11.6. The highest BCUT2D eigenvalue weighted by Gasteiger charge is 2.06. The highest BCUT2D eigenvalue weighted by atomic mass is 79.9. The fourth-order valence-electron chi connectivity index (χ4n) is 1.51. The van der Waals surface area contributed by atoms with Gasteiger partial charge in [0.1, 0.15) is 0 Å². The number of hydrogen-bond acceptors (Lipinski definition) is 4. The Hall–Kier alpha value is -1.38.